The number of rotatable bonds is 5. The number of carbonyl (C=O) groups excluding carboxylic acids is 1. The molecule has 1 aromatic rings. The summed E-state index contributed by atoms with van der Waals surface area (Å²) in [5, 5.41) is 11.4. The van der Waals surface area contributed by atoms with Gasteiger partial charge in [0, 0.05) is 5.92 Å². The van der Waals surface area contributed by atoms with Crippen LogP contribution in [0.2, 0.25) is 0 Å². The lowest BCUT2D eigenvalue weighted by Gasteiger charge is -2.16. The summed E-state index contributed by atoms with van der Waals surface area (Å²) >= 11 is 0. The largest absolute Gasteiger partial charge is 0.481 e. The van der Waals surface area contributed by atoms with Gasteiger partial charge in [0.25, 0.3) is 0 Å². The summed E-state index contributed by atoms with van der Waals surface area (Å²) < 4.78 is 0. The average molecular weight is 235 g/mol. The molecule has 1 amide bonds. The molecule has 0 aliphatic rings. The van der Waals surface area contributed by atoms with Gasteiger partial charge in [-0.05, 0) is 12.5 Å². The number of aliphatic carboxylic acids is 1. The Labute approximate surface area is 101 Å². The summed E-state index contributed by atoms with van der Waals surface area (Å²) in [4.78, 5) is 22.2. The molecule has 0 saturated carbocycles. The number of carboxylic acid groups (broad SMARTS) is 1. The molecule has 92 valence electrons. The molecule has 1 aromatic carbocycles. The van der Waals surface area contributed by atoms with Crippen molar-refractivity contribution in [2.75, 3.05) is 0 Å². The first-order chi connectivity index (χ1) is 8.00. The average Bonchev–Trinajstić information content (AvgIpc) is 2.29. The standard InChI is InChI=1S/C13H17NO3/c1-9(8-12(15)16)13(17)14-10(2)11-6-4-3-5-7-11/h3-7,9-10H,8H2,1-2H3,(H,14,17)(H,15,16). The minimum Gasteiger partial charge on any atom is -0.481 e. The van der Waals surface area contributed by atoms with Crippen LogP contribution in [-0.2, 0) is 9.59 Å². The van der Waals surface area contributed by atoms with E-state index in [4.69, 9.17) is 5.11 Å². The van der Waals surface area contributed by atoms with Crippen molar-refractivity contribution in [1.82, 2.24) is 5.32 Å². The topological polar surface area (TPSA) is 66.4 Å². The van der Waals surface area contributed by atoms with Gasteiger partial charge in [-0.3, -0.25) is 9.59 Å². The maximum atomic E-state index is 11.7. The zero-order chi connectivity index (χ0) is 12.8. The van der Waals surface area contributed by atoms with Gasteiger partial charge in [0.05, 0.1) is 12.5 Å². The SMILES string of the molecule is CC(CC(=O)O)C(=O)NC(C)c1ccccc1. The molecule has 0 saturated heterocycles. The van der Waals surface area contributed by atoms with E-state index in [1.807, 2.05) is 37.3 Å². The fourth-order valence-corrected chi connectivity index (χ4v) is 1.54. The summed E-state index contributed by atoms with van der Waals surface area (Å²) in [6.07, 6.45) is -0.145. The highest BCUT2D eigenvalue weighted by atomic mass is 16.4. The quantitative estimate of drug-likeness (QED) is 0.820. The minimum atomic E-state index is -0.958. The number of hydrogen-bond donors (Lipinski definition) is 2. The number of amides is 1. The molecule has 17 heavy (non-hydrogen) atoms. The van der Waals surface area contributed by atoms with Crippen LogP contribution in [0.25, 0.3) is 0 Å². The molecule has 0 aliphatic carbocycles. The zero-order valence-electron chi connectivity index (χ0n) is 10.0. The highest BCUT2D eigenvalue weighted by Crippen LogP contribution is 2.12. The number of benzene rings is 1. The molecule has 0 radical (unpaired) electrons. The summed E-state index contributed by atoms with van der Waals surface area (Å²) in [6, 6.07) is 9.45. The molecular formula is C13H17NO3. The van der Waals surface area contributed by atoms with Crippen molar-refractivity contribution < 1.29 is 14.7 Å². The van der Waals surface area contributed by atoms with Gasteiger partial charge >= 0.3 is 5.97 Å². The number of carbonyl (C=O) groups is 2. The van der Waals surface area contributed by atoms with E-state index in [1.54, 1.807) is 6.92 Å². The van der Waals surface area contributed by atoms with Crippen LogP contribution < -0.4 is 5.32 Å². The highest BCUT2D eigenvalue weighted by Gasteiger charge is 2.18. The fourth-order valence-electron chi connectivity index (χ4n) is 1.54. The molecule has 2 N–H and O–H groups in total. The second-order valence-electron chi connectivity index (χ2n) is 4.14. The minimum absolute atomic E-state index is 0.111. The lowest BCUT2D eigenvalue weighted by molar-refractivity contribution is -0.140. The van der Waals surface area contributed by atoms with Crippen molar-refractivity contribution in [1.29, 1.82) is 0 Å². The van der Waals surface area contributed by atoms with Crippen LogP contribution in [-0.4, -0.2) is 17.0 Å². The maximum absolute atomic E-state index is 11.7. The zero-order valence-corrected chi connectivity index (χ0v) is 10.0. The Hall–Kier alpha value is -1.84. The van der Waals surface area contributed by atoms with Crippen molar-refractivity contribution in [2.24, 2.45) is 5.92 Å². The first-order valence-corrected chi connectivity index (χ1v) is 5.58. The second kappa shape index (κ2) is 6.03. The third-order valence-corrected chi connectivity index (χ3v) is 2.59. The van der Waals surface area contributed by atoms with E-state index in [1.165, 1.54) is 0 Å². The van der Waals surface area contributed by atoms with Crippen LogP contribution in [0.3, 0.4) is 0 Å². The Morgan fingerprint density at radius 2 is 1.82 bits per heavy atom. The highest BCUT2D eigenvalue weighted by molar-refractivity contribution is 5.83. The van der Waals surface area contributed by atoms with Crippen LogP contribution in [0.1, 0.15) is 31.9 Å². The summed E-state index contributed by atoms with van der Waals surface area (Å²) in [7, 11) is 0. The molecule has 0 spiro atoms. The summed E-state index contributed by atoms with van der Waals surface area (Å²) in [5.41, 5.74) is 1.00. The van der Waals surface area contributed by atoms with Gasteiger partial charge in [0.1, 0.15) is 0 Å². The van der Waals surface area contributed by atoms with Crippen molar-refractivity contribution >= 4 is 11.9 Å². The number of hydrogen-bond acceptors (Lipinski definition) is 2. The Bertz CT molecular complexity index is 389. The first-order valence-electron chi connectivity index (χ1n) is 5.58. The predicted molar refractivity (Wildman–Crippen MR) is 64.4 cm³/mol. The van der Waals surface area contributed by atoms with Gasteiger partial charge in [-0.25, -0.2) is 0 Å². The monoisotopic (exact) mass is 235 g/mol. The van der Waals surface area contributed by atoms with E-state index in [9.17, 15) is 9.59 Å². The van der Waals surface area contributed by atoms with E-state index < -0.39 is 11.9 Å². The van der Waals surface area contributed by atoms with Crippen LogP contribution in [0.4, 0.5) is 0 Å². The van der Waals surface area contributed by atoms with Gasteiger partial charge in [-0.15, -0.1) is 0 Å². The van der Waals surface area contributed by atoms with Gasteiger partial charge in [-0.2, -0.15) is 0 Å². The first kappa shape index (κ1) is 13.2. The maximum Gasteiger partial charge on any atom is 0.304 e. The van der Waals surface area contributed by atoms with Crippen LogP contribution in [0.5, 0.6) is 0 Å². The smallest absolute Gasteiger partial charge is 0.304 e. The molecule has 2 unspecified atom stereocenters. The molecule has 0 aliphatic heterocycles. The van der Waals surface area contributed by atoms with Crippen molar-refractivity contribution in [2.45, 2.75) is 26.3 Å². The molecule has 0 fully saturated rings. The third-order valence-electron chi connectivity index (χ3n) is 2.59. The van der Waals surface area contributed by atoms with Crippen LogP contribution in [0.15, 0.2) is 30.3 Å². The molecule has 4 nitrogen and oxygen atoms in total. The predicted octanol–water partition coefficient (Wildman–Crippen LogP) is 1.97. The van der Waals surface area contributed by atoms with Crippen molar-refractivity contribution in [3.8, 4) is 0 Å². The van der Waals surface area contributed by atoms with Crippen LogP contribution in [0, 0.1) is 5.92 Å². The number of carboxylic acids is 1. The molecule has 1 rings (SSSR count). The Morgan fingerprint density at radius 1 is 1.24 bits per heavy atom. The molecular weight excluding hydrogens is 218 g/mol. The Balaban J connectivity index is 2.54. The Kier molecular flexibility index (Phi) is 4.69. The second-order valence-corrected chi connectivity index (χ2v) is 4.14. The number of nitrogens with one attached hydrogen (secondary N) is 1. The van der Waals surface area contributed by atoms with E-state index >= 15 is 0 Å². The fraction of sp³-hybridized carbons (Fsp3) is 0.385. The van der Waals surface area contributed by atoms with Gasteiger partial charge in [0.15, 0.2) is 0 Å². The molecule has 0 bridgehead atoms. The molecule has 0 aromatic heterocycles. The van der Waals surface area contributed by atoms with E-state index in [0.29, 0.717) is 0 Å². The Morgan fingerprint density at radius 3 is 2.35 bits per heavy atom. The van der Waals surface area contributed by atoms with Crippen molar-refractivity contribution in [3.05, 3.63) is 35.9 Å². The third kappa shape index (κ3) is 4.26. The van der Waals surface area contributed by atoms with Gasteiger partial charge in [-0.1, -0.05) is 37.3 Å². The van der Waals surface area contributed by atoms with E-state index in [2.05, 4.69) is 5.32 Å². The van der Waals surface area contributed by atoms with Gasteiger partial charge < -0.3 is 10.4 Å². The van der Waals surface area contributed by atoms with E-state index in [-0.39, 0.29) is 18.4 Å². The molecule has 2 atom stereocenters. The molecule has 0 heterocycles. The lowest BCUT2D eigenvalue weighted by atomic mass is 10.0. The van der Waals surface area contributed by atoms with Gasteiger partial charge in [0.2, 0.25) is 5.91 Å². The summed E-state index contributed by atoms with van der Waals surface area (Å²) in [6.45, 7) is 3.49. The van der Waals surface area contributed by atoms with E-state index in [0.717, 1.165) is 5.56 Å². The lowest BCUT2D eigenvalue weighted by Crippen LogP contribution is -2.32. The normalized spacial score (nSPS) is 13.8. The summed E-state index contributed by atoms with van der Waals surface area (Å²) in [5.74, 6) is -1.71. The van der Waals surface area contributed by atoms with Crippen LogP contribution >= 0.6 is 0 Å². The van der Waals surface area contributed by atoms with Crippen molar-refractivity contribution in [3.63, 3.8) is 0 Å². The molecule has 4 heteroatoms.